The van der Waals surface area contributed by atoms with Crippen molar-refractivity contribution in [1.82, 2.24) is 34.5 Å². The number of pyridine rings is 2. The molecule has 1 fully saturated rings. The highest BCUT2D eigenvalue weighted by atomic mass is 16.3. The first-order valence-electron chi connectivity index (χ1n) is 11.5. The van der Waals surface area contributed by atoms with E-state index in [0.29, 0.717) is 35.5 Å². The van der Waals surface area contributed by atoms with E-state index in [1.807, 2.05) is 37.7 Å². The van der Waals surface area contributed by atoms with Crippen molar-refractivity contribution in [2.24, 2.45) is 14.1 Å². The Morgan fingerprint density at radius 1 is 1.14 bits per heavy atom. The first kappa shape index (κ1) is 22.7. The van der Waals surface area contributed by atoms with Crippen LogP contribution in [0.2, 0.25) is 0 Å². The summed E-state index contributed by atoms with van der Waals surface area (Å²) in [6.45, 7) is 2.49. The molecule has 1 aliphatic rings. The number of anilines is 2. The van der Waals surface area contributed by atoms with E-state index in [4.69, 9.17) is 0 Å². The fourth-order valence-corrected chi connectivity index (χ4v) is 4.06. The lowest BCUT2D eigenvalue weighted by Gasteiger charge is -2.13. The van der Waals surface area contributed by atoms with Gasteiger partial charge < -0.3 is 20.3 Å². The predicted molar refractivity (Wildman–Crippen MR) is 131 cm³/mol. The molecule has 1 aliphatic carbocycles. The maximum Gasteiger partial charge on any atom is 0.275 e. The van der Waals surface area contributed by atoms with E-state index in [9.17, 15) is 9.90 Å². The standard InChI is InChI=1S/C24H27N9O2/c1-4-25-20-9-16(22-17(11-27-33(22)3)23-31-26-13-32(23)2)10-21(29-20)30-24(35)19-8-14(12-34)7-18(28-19)15-5-6-15/h7-11,13,15,34H,4-6,12H2,1-3H3,(H2,25,29,30,35). The number of aliphatic hydroxyl groups is 1. The molecule has 11 heteroatoms. The Hall–Kier alpha value is -4.12. The molecule has 35 heavy (non-hydrogen) atoms. The quantitative estimate of drug-likeness (QED) is 0.355. The van der Waals surface area contributed by atoms with Crippen molar-refractivity contribution in [2.45, 2.75) is 32.3 Å². The van der Waals surface area contributed by atoms with Crippen LogP contribution in [0.1, 0.15) is 47.4 Å². The Labute approximate surface area is 202 Å². The molecule has 1 saturated carbocycles. The molecule has 4 heterocycles. The second-order valence-corrected chi connectivity index (χ2v) is 8.62. The summed E-state index contributed by atoms with van der Waals surface area (Å²) in [6, 6.07) is 7.19. The van der Waals surface area contributed by atoms with Gasteiger partial charge in [-0.15, -0.1) is 10.2 Å². The van der Waals surface area contributed by atoms with Crippen LogP contribution in [0.4, 0.5) is 11.6 Å². The molecule has 180 valence electrons. The fraction of sp³-hybridized carbons (Fsp3) is 0.333. The number of amides is 1. The molecular weight excluding hydrogens is 446 g/mol. The molecular formula is C24H27N9O2. The zero-order chi connectivity index (χ0) is 24.5. The van der Waals surface area contributed by atoms with Crippen molar-refractivity contribution >= 4 is 17.5 Å². The van der Waals surface area contributed by atoms with Gasteiger partial charge in [-0.3, -0.25) is 9.48 Å². The van der Waals surface area contributed by atoms with E-state index in [0.717, 1.165) is 35.4 Å². The molecule has 0 saturated heterocycles. The molecule has 4 aromatic rings. The number of aryl methyl sites for hydroxylation is 2. The highest BCUT2D eigenvalue weighted by Crippen LogP contribution is 2.39. The summed E-state index contributed by atoms with van der Waals surface area (Å²) >= 11 is 0. The van der Waals surface area contributed by atoms with Crippen LogP contribution in [-0.2, 0) is 20.7 Å². The Morgan fingerprint density at radius 2 is 1.94 bits per heavy atom. The molecule has 0 atom stereocenters. The number of carbonyl (C=O) groups is 1. The monoisotopic (exact) mass is 473 g/mol. The third kappa shape index (κ3) is 4.62. The van der Waals surface area contributed by atoms with Gasteiger partial charge in [-0.2, -0.15) is 5.10 Å². The van der Waals surface area contributed by atoms with Crippen LogP contribution in [0.5, 0.6) is 0 Å². The topological polar surface area (TPSA) is 136 Å². The Kier molecular flexibility index (Phi) is 6.00. The lowest BCUT2D eigenvalue weighted by Crippen LogP contribution is -2.16. The Balaban J connectivity index is 1.52. The molecule has 1 amide bonds. The van der Waals surface area contributed by atoms with Gasteiger partial charge in [0.15, 0.2) is 5.82 Å². The number of nitrogens with one attached hydrogen (secondary N) is 2. The van der Waals surface area contributed by atoms with Crippen molar-refractivity contribution < 1.29 is 9.90 Å². The smallest absolute Gasteiger partial charge is 0.275 e. The summed E-state index contributed by atoms with van der Waals surface area (Å²) in [5.74, 6) is 1.64. The zero-order valence-electron chi connectivity index (χ0n) is 19.9. The predicted octanol–water partition coefficient (Wildman–Crippen LogP) is 2.73. The molecule has 5 rings (SSSR count). The third-order valence-corrected chi connectivity index (χ3v) is 5.91. The molecule has 11 nitrogen and oxygen atoms in total. The molecule has 3 N–H and O–H groups in total. The number of aliphatic hydroxyl groups excluding tert-OH is 1. The van der Waals surface area contributed by atoms with Gasteiger partial charge in [0.25, 0.3) is 5.91 Å². The first-order chi connectivity index (χ1) is 17.0. The van der Waals surface area contributed by atoms with Gasteiger partial charge in [0.1, 0.15) is 23.7 Å². The second kappa shape index (κ2) is 9.26. The van der Waals surface area contributed by atoms with Crippen LogP contribution in [0.15, 0.2) is 36.8 Å². The van der Waals surface area contributed by atoms with Gasteiger partial charge in [-0.25, -0.2) is 9.97 Å². The highest BCUT2D eigenvalue weighted by Gasteiger charge is 2.27. The molecule has 0 aliphatic heterocycles. The molecule has 0 radical (unpaired) electrons. The SMILES string of the molecule is CCNc1cc(-c2c(-c3nncn3C)cnn2C)cc(NC(=O)c2cc(CO)cc(C3CC3)n2)n1. The summed E-state index contributed by atoms with van der Waals surface area (Å²) in [6.07, 6.45) is 5.49. The van der Waals surface area contributed by atoms with E-state index in [-0.39, 0.29) is 18.2 Å². The Morgan fingerprint density at radius 3 is 2.63 bits per heavy atom. The lowest BCUT2D eigenvalue weighted by atomic mass is 10.1. The summed E-state index contributed by atoms with van der Waals surface area (Å²) in [5.41, 5.74) is 4.21. The number of rotatable bonds is 8. The molecule has 0 spiro atoms. The largest absolute Gasteiger partial charge is 0.392 e. The maximum atomic E-state index is 13.2. The van der Waals surface area contributed by atoms with E-state index >= 15 is 0 Å². The van der Waals surface area contributed by atoms with Crippen molar-refractivity contribution in [2.75, 3.05) is 17.2 Å². The summed E-state index contributed by atoms with van der Waals surface area (Å²) in [5, 5.41) is 28.4. The van der Waals surface area contributed by atoms with Gasteiger partial charge in [0.05, 0.1) is 24.1 Å². The zero-order valence-corrected chi connectivity index (χ0v) is 19.9. The summed E-state index contributed by atoms with van der Waals surface area (Å²) < 4.78 is 3.59. The average molecular weight is 474 g/mol. The van der Waals surface area contributed by atoms with Crippen molar-refractivity contribution in [3.05, 3.63) is 53.7 Å². The number of hydrogen-bond donors (Lipinski definition) is 3. The molecule has 0 bridgehead atoms. The third-order valence-electron chi connectivity index (χ3n) is 5.91. The van der Waals surface area contributed by atoms with E-state index in [1.165, 1.54) is 0 Å². The lowest BCUT2D eigenvalue weighted by molar-refractivity contribution is 0.102. The number of hydrogen-bond acceptors (Lipinski definition) is 8. The number of carbonyl (C=O) groups excluding carboxylic acids is 1. The van der Waals surface area contributed by atoms with Gasteiger partial charge >= 0.3 is 0 Å². The number of aromatic nitrogens is 7. The minimum absolute atomic E-state index is 0.147. The minimum atomic E-state index is -0.382. The van der Waals surface area contributed by atoms with Crippen LogP contribution in [0, 0.1) is 0 Å². The maximum absolute atomic E-state index is 13.2. The highest BCUT2D eigenvalue weighted by molar-refractivity contribution is 6.03. The summed E-state index contributed by atoms with van der Waals surface area (Å²) in [7, 11) is 3.72. The molecule has 0 unspecified atom stereocenters. The van der Waals surface area contributed by atoms with Gasteiger partial charge in [-0.05, 0) is 49.6 Å². The van der Waals surface area contributed by atoms with Crippen molar-refractivity contribution in [1.29, 1.82) is 0 Å². The number of nitrogens with zero attached hydrogens (tertiary/aromatic N) is 7. The molecule has 4 aromatic heterocycles. The van der Waals surface area contributed by atoms with Crippen LogP contribution < -0.4 is 10.6 Å². The molecule has 0 aromatic carbocycles. The van der Waals surface area contributed by atoms with Crippen LogP contribution >= 0.6 is 0 Å². The van der Waals surface area contributed by atoms with Crippen molar-refractivity contribution in [3.63, 3.8) is 0 Å². The van der Waals surface area contributed by atoms with E-state index < -0.39 is 0 Å². The van der Waals surface area contributed by atoms with Crippen LogP contribution in [-0.4, -0.2) is 52.1 Å². The van der Waals surface area contributed by atoms with Gasteiger partial charge in [0.2, 0.25) is 0 Å². The average Bonchev–Trinajstić information content (AvgIpc) is 3.51. The van der Waals surface area contributed by atoms with Crippen LogP contribution in [0.25, 0.3) is 22.6 Å². The minimum Gasteiger partial charge on any atom is -0.392 e. The Bertz CT molecular complexity index is 1390. The fourth-order valence-electron chi connectivity index (χ4n) is 4.06. The van der Waals surface area contributed by atoms with Gasteiger partial charge in [-0.1, -0.05) is 0 Å². The van der Waals surface area contributed by atoms with Crippen LogP contribution in [0.3, 0.4) is 0 Å². The first-order valence-corrected chi connectivity index (χ1v) is 11.5. The second-order valence-electron chi connectivity index (χ2n) is 8.62. The normalized spacial score (nSPS) is 13.1. The van der Waals surface area contributed by atoms with Crippen molar-refractivity contribution in [3.8, 4) is 22.6 Å². The summed E-state index contributed by atoms with van der Waals surface area (Å²) in [4.78, 5) is 22.3. The van der Waals surface area contributed by atoms with E-state index in [2.05, 4.69) is 35.9 Å². The van der Waals surface area contributed by atoms with Gasteiger partial charge in [0, 0.05) is 37.8 Å². The van der Waals surface area contributed by atoms with E-state index in [1.54, 1.807) is 29.3 Å².